The number of hydrogen-bond donors (Lipinski definition) is 0. The molecule has 0 atom stereocenters. The molecule has 0 fully saturated rings. The molecule has 6 heteroatoms. The van der Waals surface area contributed by atoms with E-state index in [9.17, 15) is 4.79 Å². The lowest BCUT2D eigenvalue weighted by molar-refractivity contribution is -0.143. The summed E-state index contributed by atoms with van der Waals surface area (Å²) in [4.78, 5) is 12.6. The second kappa shape index (κ2) is 8.44. The molecule has 4 aromatic rings. The van der Waals surface area contributed by atoms with Gasteiger partial charge in [0.2, 0.25) is 0 Å². The lowest BCUT2D eigenvalue weighted by Gasteiger charge is -2.11. The molecule has 0 amide bonds. The standard InChI is InChI=1S/C22H21N3O2S/c1-2-27-22(26)9-6-12-28-17-10-11-18-19(16-7-4-3-5-8-16)14-21-24-23-15-25(21)20(18)13-17/h3-5,7-8,10-11,13-15H,2,6,9,12H2,1H3. The molecule has 0 N–H and O–H groups in total. The number of nitrogens with zero attached hydrogens (tertiary/aromatic N) is 3. The summed E-state index contributed by atoms with van der Waals surface area (Å²) in [5.74, 6) is 0.744. The molecule has 0 spiro atoms. The lowest BCUT2D eigenvalue weighted by atomic mass is 10.0. The Hall–Kier alpha value is -2.86. The van der Waals surface area contributed by atoms with E-state index in [1.807, 2.05) is 29.5 Å². The van der Waals surface area contributed by atoms with Crippen molar-refractivity contribution in [2.24, 2.45) is 0 Å². The highest BCUT2D eigenvalue weighted by Gasteiger charge is 2.11. The predicted octanol–water partition coefficient (Wildman–Crippen LogP) is 4.98. The van der Waals surface area contributed by atoms with Crippen LogP contribution in [0.1, 0.15) is 19.8 Å². The lowest BCUT2D eigenvalue weighted by Crippen LogP contribution is -2.03. The average Bonchev–Trinajstić information content (AvgIpc) is 3.20. The van der Waals surface area contributed by atoms with E-state index in [0.29, 0.717) is 13.0 Å². The zero-order chi connectivity index (χ0) is 19.3. The molecule has 0 bridgehead atoms. The fourth-order valence-corrected chi connectivity index (χ4v) is 4.14. The van der Waals surface area contributed by atoms with Gasteiger partial charge in [0.15, 0.2) is 5.65 Å². The van der Waals surface area contributed by atoms with Gasteiger partial charge in [0.25, 0.3) is 0 Å². The minimum absolute atomic E-state index is 0.125. The van der Waals surface area contributed by atoms with Gasteiger partial charge in [-0.3, -0.25) is 9.20 Å². The third kappa shape index (κ3) is 3.87. The predicted molar refractivity (Wildman–Crippen MR) is 113 cm³/mol. The van der Waals surface area contributed by atoms with Crippen molar-refractivity contribution < 1.29 is 9.53 Å². The number of aromatic nitrogens is 3. The number of carbonyl (C=O) groups excluding carboxylic acids is 1. The Bertz CT molecular complexity index is 1110. The summed E-state index contributed by atoms with van der Waals surface area (Å²) in [6.45, 7) is 2.27. The zero-order valence-electron chi connectivity index (χ0n) is 15.7. The first-order chi connectivity index (χ1) is 13.8. The number of hydrogen-bond acceptors (Lipinski definition) is 5. The number of fused-ring (bicyclic) bond motifs is 3. The Morgan fingerprint density at radius 1 is 1.14 bits per heavy atom. The van der Waals surface area contributed by atoms with Crippen LogP contribution in [0.2, 0.25) is 0 Å². The van der Waals surface area contributed by atoms with Crippen molar-refractivity contribution in [1.82, 2.24) is 14.6 Å². The Morgan fingerprint density at radius 3 is 2.82 bits per heavy atom. The summed E-state index contributed by atoms with van der Waals surface area (Å²) < 4.78 is 7.00. The Balaban J connectivity index is 1.63. The number of carbonyl (C=O) groups is 1. The molecule has 0 aliphatic heterocycles. The molecule has 2 aromatic carbocycles. The number of thioether (sulfide) groups is 1. The van der Waals surface area contributed by atoms with Crippen LogP contribution in [-0.4, -0.2) is 32.9 Å². The molecule has 0 saturated carbocycles. The summed E-state index contributed by atoms with van der Waals surface area (Å²) in [6, 6.07) is 18.9. The van der Waals surface area contributed by atoms with Crippen LogP contribution < -0.4 is 0 Å². The van der Waals surface area contributed by atoms with Gasteiger partial charge < -0.3 is 4.74 Å². The smallest absolute Gasteiger partial charge is 0.305 e. The van der Waals surface area contributed by atoms with Crippen molar-refractivity contribution in [1.29, 1.82) is 0 Å². The molecule has 2 aromatic heterocycles. The molecule has 0 aliphatic rings. The van der Waals surface area contributed by atoms with E-state index >= 15 is 0 Å². The van der Waals surface area contributed by atoms with Crippen molar-refractivity contribution in [2.75, 3.05) is 12.4 Å². The van der Waals surface area contributed by atoms with E-state index in [1.54, 1.807) is 18.1 Å². The molecule has 142 valence electrons. The van der Waals surface area contributed by atoms with Gasteiger partial charge in [0, 0.05) is 16.7 Å². The van der Waals surface area contributed by atoms with E-state index in [4.69, 9.17) is 4.74 Å². The first kappa shape index (κ1) is 18.5. The summed E-state index contributed by atoms with van der Waals surface area (Å²) in [7, 11) is 0. The van der Waals surface area contributed by atoms with Gasteiger partial charge in [-0.25, -0.2) is 0 Å². The minimum atomic E-state index is -0.125. The SMILES string of the molecule is CCOC(=O)CCCSc1ccc2c(-c3ccccc3)cc3nncn3c2c1. The second-order valence-corrected chi connectivity index (χ2v) is 7.59. The van der Waals surface area contributed by atoms with Crippen LogP contribution in [0.4, 0.5) is 0 Å². The normalized spacial score (nSPS) is 11.2. The average molecular weight is 391 g/mol. The monoisotopic (exact) mass is 391 g/mol. The largest absolute Gasteiger partial charge is 0.466 e. The Labute approximate surface area is 167 Å². The highest BCUT2D eigenvalue weighted by atomic mass is 32.2. The fraction of sp³-hybridized carbons (Fsp3) is 0.227. The molecule has 28 heavy (non-hydrogen) atoms. The molecule has 4 rings (SSSR count). The van der Waals surface area contributed by atoms with Crippen molar-refractivity contribution in [3.8, 4) is 11.1 Å². The van der Waals surface area contributed by atoms with Crippen LogP contribution in [0.25, 0.3) is 27.7 Å². The van der Waals surface area contributed by atoms with Crippen LogP contribution in [0, 0.1) is 0 Å². The van der Waals surface area contributed by atoms with Crippen molar-refractivity contribution in [2.45, 2.75) is 24.7 Å². The highest BCUT2D eigenvalue weighted by Crippen LogP contribution is 2.32. The molecular weight excluding hydrogens is 370 g/mol. The van der Waals surface area contributed by atoms with Crippen LogP contribution in [0.5, 0.6) is 0 Å². The number of ether oxygens (including phenoxy) is 1. The molecule has 5 nitrogen and oxygen atoms in total. The topological polar surface area (TPSA) is 56.5 Å². The quantitative estimate of drug-likeness (QED) is 0.252. The van der Waals surface area contributed by atoms with Gasteiger partial charge in [-0.05, 0) is 48.4 Å². The second-order valence-electron chi connectivity index (χ2n) is 6.42. The third-order valence-corrected chi connectivity index (χ3v) is 5.63. The van der Waals surface area contributed by atoms with Crippen LogP contribution in [0.15, 0.2) is 65.8 Å². The number of benzene rings is 2. The van der Waals surface area contributed by atoms with Gasteiger partial charge >= 0.3 is 5.97 Å². The van der Waals surface area contributed by atoms with Gasteiger partial charge in [-0.1, -0.05) is 36.4 Å². The van der Waals surface area contributed by atoms with Crippen LogP contribution in [0.3, 0.4) is 0 Å². The number of pyridine rings is 1. The fourth-order valence-electron chi connectivity index (χ4n) is 3.26. The Kier molecular flexibility index (Phi) is 5.58. The van der Waals surface area contributed by atoms with Crippen molar-refractivity contribution in [3.05, 3.63) is 60.9 Å². The first-order valence-electron chi connectivity index (χ1n) is 9.36. The first-order valence-corrected chi connectivity index (χ1v) is 10.3. The van der Waals surface area contributed by atoms with Gasteiger partial charge in [0.05, 0.1) is 12.1 Å². The zero-order valence-corrected chi connectivity index (χ0v) is 16.5. The van der Waals surface area contributed by atoms with E-state index in [1.165, 1.54) is 0 Å². The molecule has 2 heterocycles. The molecule has 0 aliphatic carbocycles. The third-order valence-electron chi connectivity index (χ3n) is 4.55. The molecular formula is C22H21N3O2S. The maximum Gasteiger partial charge on any atom is 0.305 e. The number of rotatable bonds is 7. The molecule has 0 radical (unpaired) electrons. The summed E-state index contributed by atoms with van der Waals surface area (Å²) in [6.07, 6.45) is 3.01. The maximum atomic E-state index is 11.5. The van der Waals surface area contributed by atoms with Gasteiger partial charge in [0.1, 0.15) is 6.33 Å². The van der Waals surface area contributed by atoms with E-state index in [-0.39, 0.29) is 5.97 Å². The van der Waals surface area contributed by atoms with Crippen molar-refractivity contribution in [3.63, 3.8) is 0 Å². The summed E-state index contributed by atoms with van der Waals surface area (Å²) in [5, 5.41) is 9.50. The van der Waals surface area contributed by atoms with E-state index in [0.717, 1.165) is 44.7 Å². The maximum absolute atomic E-state index is 11.5. The van der Waals surface area contributed by atoms with E-state index in [2.05, 4.69) is 46.6 Å². The molecule has 0 unspecified atom stereocenters. The summed E-state index contributed by atoms with van der Waals surface area (Å²) in [5.41, 5.74) is 4.22. The summed E-state index contributed by atoms with van der Waals surface area (Å²) >= 11 is 1.75. The minimum Gasteiger partial charge on any atom is -0.466 e. The number of esters is 1. The van der Waals surface area contributed by atoms with Gasteiger partial charge in [-0.15, -0.1) is 22.0 Å². The van der Waals surface area contributed by atoms with Crippen molar-refractivity contribution >= 4 is 34.3 Å². The van der Waals surface area contributed by atoms with Crippen LogP contribution in [-0.2, 0) is 9.53 Å². The van der Waals surface area contributed by atoms with E-state index < -0.39 is 0 Å². The van der Waals surface area contributed by atoms with Gasteiger partial charge in [-0.2, -0.15) is 0 Å². The van der Waals surface area contributed by atoms with Crippen LogP contribution >= 0.6 is 11.8 Å². The molecule has 0 saturated heterocycles. The highest BCUT2D eigenvalue weighted by molar-refractivity contribution is 7.99. The Morgan fingerprint density at radius 2 is 2.00 bits per heavy atom.